The van der Waals surface area contributed by atoms with E-state index in [1.165, 1.54) is 15.9 Å². The van der Waals surface area contributed by atoms with E-state index in [4.69, 9.17) is 0 Å². The Morgan fingerprint density at radius 2 is 1.47 bits per heavy atom. The molecule has 0 amide bonds. The van der Waals surface area contributed by atoms with Gasteiger partial charge in [-0.1, -0.05) is 38.1 Å². The third-order valence-electron chi connectivity index (χ3n) is 3.02. The monoisotopic (exact) mass is 234 g/mol. The Kier molecular flexibility index (Phi) is 4.44. The molecule has 2 heteroatoms. The number of hydrogen-bond acceptors (Lipinski definition) is 1. The van der Waals surface area contributed by atoms with Crippen molar-refractivity contribution in [3.05, 3.63) is 40.3 Å². The summed E-state index contributed by atoms with van der Waals surface area (Å²) in [4.78, 5) is 12.1. The summed E-state index contributed by atoms with van der Waals surface area (Å²) < 4.78 is 1.26. The minimum absolute atomic E-state index is 0.127. The number of hydrogen-bond donors (Lipinski definition) is 0. The van der Waals surface area contributed by atoms with Crippen molar-refractivity contribution in [1.29, 1.82) is 0 Å². The van der Waals surface area contributed by atoms with E-state index in [1.807, 2.05) is 46.8 Å². The second kappa shape index (κ2) is 5.44. The largest absolute Gasteiger partial charge is 0.210 e. The molecule has 0 saturated carbocycles. The van der Waals surface area contributed by atoms with Gasteiger partial charge >= 0.3 is 0 Å². The summed E-state index contributed by atoms with van der Waals surface area (Å²) in [6.45, 7) is 9.93. The van der Waals surface area contributed by atoms with E-state index >= 15 is 0 Å². The number of rotatable bonds is 1. The van der Waals surface area contributed by atoms with Crippen LogP contribution in [0.1, 0.15) is 45.7 Å². The summed E-state index contributed by atoms with van der Waals surface area (Å²) >= 11 is 0. The highest BCUT2D eigenvalue weighted by Crippen LogP contribution is 2.26. The van der Waals surface area contributed by atoms with Crippen molar-refractivity contribution in [3.8, 4) is 0 Å². The Morgan fingerprint density at radius 3 is 1.82 bits per heavy atom. The van der Waals surface area contributed by atoms with Gasteiger partial charge in [0, 0.05) is 43.3 Å². The molecule has 0 saturated heterocycles. The molecule has 17 heavy (non-hydrogen) atoms. The molecule has 0 heterocycles. The zero-order valence-electron chi connectivity index (χ0n) is 11.7. The third-order valence-corrected chi connectivity index (χ3v) is 3.02. The normalized spacial score (nSPS) is 14.9. The van der Waals surface area contributed by atoms with Crippen LogP contribution in [0.2, 0.25) is 0 Å². The number of benzene rings is 1. The molecular weight excluding hydrogens is 210 g/mol. The van der Waals surface area contributed by atoms with Crippen LogP contribution in [0.4, 0.5) is 0 Å². The third kappa shape index (κ3) is 3.15. The molecule has 0 atom stereocenters. The zero-order chi connectivity index (χ0) is 13.1. The van der Waals surface area contributed by atoms with Gasteiger partial charge in [0.25, 0.3) is 0 Å². The lowest BCUT2D eigenvalue weighted by Gasteiger charge is -2.13. The maximum absolute atomic E-state index is 12.1. The van der Waals surface area contributed by atoms with Crippen LogP contribution in [0, 0.1) is 4.91 Å². The predicted octanol–water partition coefficient (Wildman–Crippen LogP) is 3.76. The quantitative estimate of drug-likeness (QED) is 0.677. The highest BCUT2D eigenvalue weighted by atomic mass is 16.3. The second-order valence-electron chi connectivity index (χ2n) is 5.33. The molecule has 94 valence electrons. The van der Waals surface area contributed by atoms with Crippen LogP contribution in [-0.4, -0.2) is 16.3 Å². The first-order valence-corrected chi connectivity index (χ1v) is 6.52. The SMILES string of the molecule is CC.CC(C)(C)[N+](=O)C1Cc2ccccc2C1. The van der Waals surface area contributed by atoms with Gasteiger partial charge in [-0.3, -0.25) is 0 Å². The summed E-state index contributed by atoms with van der Waals surface area (Å²) in [5, 5.41) is 0. The molecule has 0 N–H and O–H groups in total. The van der Waals surface area contributed by atoms with Gasteiger partial charge in [-0.15, -0.1) is 0 Å². The molecule has 1 aromatic carbocycles. The summed E-state index contributed by atoms with van der Waals surface area (Å²) in [5.74, 6) is 0. The molecule has 0 bridgehead atoms. The fraction of sp³-hybridized carbons (Fsp3) is 0.600. The van der Waals surface area contributed by atoms with Gasteiger partial charge < -0.3 is 0 Å². The van der Waals surface area contributed by atoms with Crippen molar-refractivity contribution < 1.29 is 4.76 Å². The molecule has 0 aliphatic heterocycles. The molecule has 0 radical (unpaired) electrons. The molecule has 0 unspecified atom stereocenters. The Balaban J connectivity index is 0.000000686. The van der Waals surface area contributed by atoms with Crippen molar-refractivity contribution in [1.82, 2.24) is 0 Å². The summed E-state index contributed by atoms with van der Waals surface area (Å²) in [5.41, 5.74) is 2.40. The average molecular weight is 234 g/mol. The second-order valence-corrected chi connectivity index (χ2v) is 5.33. The molecular formula is C15H24NO+. The topological polar surface area (TPSA) is 20.1 Å². The van der Waals surface area contributed by atoms with Crippen LogP contribution in [0.25, 0.3) is 0 Å². The van der Waals surface area contributed by atoms with E-state index in [0.29, 0.717) is 0 Å². The maximum Gasteiger partial charge on any atom is 0.210 e. The summed E-state index contributed by atoms with van der Waals surface area (Å²) in [6, 6.07) is 8.49. The molecule has 0 spiro atoms. The fourth-order valence-electron chi connectivity index (χ4n) is 2.25. The minimum Gasteiger partial charge on any atom is -0.0683 e. The molecule has 2 rings (SSSR count). The fourth-order valence-corrected chi connectivity index (χ4v) is 2.25. The van der Waals surface area contributed by atoms with Crippen LogP contribution < -0.4 is 0 Å². The van der Waals surface area contributed by atoms with Crippen molar-refractivity contribution >= 4 is 0 Å². The van der Waals surface area contributed by atoms with Crippen LogP contribution in [-0.2, 0) is 12.8 Å². The first-order chi connectivity index (χ1) is 7.98. The minimum atomic E-state index is -0.285. The van der Waals surface area contributed by atoms with Gasteiger partial charge in [-0.05, 0) is 11.1 Å². The van der Waals surface area contributed by atoms with Crippen LogP contribution in [0.3, 0.4) is 0 Å². The number of nitrogens with zero attached hydrogens (tertiary/aromatic N) is 1. The van der Waals surface area contributed by atoms with Crippen molar-refractivity contribution in [3.63, 3.8) is 0 Å². The lowest BCUT2D eigenvalue weighted by Crippen LogP contribution is -2.39. The maximum atomic E-state index is 12.1. The number of nitroso groups, excluding NO2 is 1. The van der Waals surface area contributed by atoms with E-state index in [-0.39, 0.29) is 11.6 Å². The van der Waals surface area contributed by atoms with Gasteiger partial charge in [0.2, 0.25) is 11.6 Å². The Bertz CT molecular complexity index is 365. The first-order valence-electron chi connectivity index (χ1n) is 6.52. The van der Waals surface area contributed by atoms with Crippen molar-refractivity contribution in [2.75, 3.05) is 0 Å². The first kappa shape index (κ1) is 13.9. The van der Waals surface area contributed by atoms with E-state index in [1.54, 1.807) is 0 Å². The van der Waals surface area contributed by atoms with Gasteiger partial charge in [0.1, 0.15) is 0 Å². The highest BCUT2D eigenvalue weighted by Gasteiger charge is 2.40. The lowest BCUT2D eigenvalue weighted by atomic mass is 10.1. The van der Waals surface area contributed by atoms with Crippen LogP contribution in [0.15, 0.2) is 24.3 Å². The van der Waals surface area contributed by atoms with Crippen LogP contribution >= 0.6 is 0 Å². The van der Waals surface area contributed by atoms with Crippen LogP contribution in [0.5, 0.6) is 0 Å². The standard InChI is InChI=1S/C13H18NO.C2H6/c1-13(2,3)14(15)12-8-10-6-4-5-7-11(10)9-12;1-2/h4-7,12H,8-9H2,1-3H3;1-2H3/q+1;. The summed E-state index contributed by atoms with van der Waals surface area (Å²) in [6.07, 6.45) is 1.80. The molecule has 0 aromatic heterocycles. The molecule has 1 aromatic rings. The van der Waals surface area contributed by atoms with Gasteiger partial charge in [-0.2, -0.15) is 0 Å². The average Bonchev–Trinajstić information content (AvgIpc) is 2.72. The smallest absolute Gasteiger partial charge is 0.0683 e. The molecule has 2 nitrogen and oxygen atoms in total. The van der Waals surface area contributed by atoms with Gasteiger partial charge in [0.05, 0.1) is 0 Å². The Labute approximate surface area is 105 Å². The van der Waals surface area contributed by atoms with Crippen molar-refractivity contribution in [2.45, 2.75) is 59.0 Å². The van der Waals surface area contributed by atoms with E-state index in [9.17, 15) is 4.91 Å². The van der Waals surface area contributed by atoms with E-state index < -0.39 is 0 Å². The van der Waals surface area contributed by atoms with E-state index in [0.717, 1.165) is 12.8 Å². The van der Waals surface area contributed by atoms with Crippen molar-refractivity contribution in [2.24, 2.45) is 0 Å². The Hall–Kier alpha value is -1.18. The van der Waals surface area contributed by atoms with Gasteiger partial charge in [-0.25, -0.2) is 0 Å². The summed E-state index contributed by atoms with van der Waals surface area (Å²) in [7, 11) is 0. The predicted molar refractivity (Wildman–Crippen MR) is 72.4 cm³/mol. The van der Waals surface area contributed by atoms with Gasteiger partial charge in [0.15, 0.2) is 0 Å². The van der Waals surface area contributed by atoms with E-state index in [2.05, 4.69) is 12.1 Å². The molecule has 1 aliphatic carbocycles. The molecule has 1 aliphatic rings. The zero-order valence-corrected chi connectivity index (χ0v) is 11.7. The Morgan fingerprint density at radius 1 is 1.06 bits per heavy atom. The highest BCUT2D eigenvalue weighted by molar-refractivity contribution is 5.32. The lowest BCUT2D eigenvalue weighted by molar-refractivity contribution is -0.646. The molecule has 0 fully saturated rings. The number of fused-ring (bicyclic) bond motifs is 1.